The molecule has 1 N–H and O–H groups in total. The topological polar surface area (TPSA) is 106 Å². The van der Waals surface area contributed by atoms with E-state index < -0.39 is 4.92 Å². The Balaban J connectivity index is 1.69. The molecule has 0 saturated carbocycles. The molecule has 0 aliphatic heterocycles. The van der Waals surface area contributed by atoms with E-state index in [0.29, 0.717) is 5.56 Å². The first-order chi connectivity index (χ1) is 14.3. The fraction of sp³-hybridized carbons (Fsp3) is 0.286. The molecule has 3 aromatic rings. The lowest BCUT2D eigenvalue weighted by molar-refractivity contribution is -0.384. The fourth-order valence-electron chi connectivity index (χ4n) is 3.16. The molecule has 1 amide bonds. The number of aromatic nitrogens is 3. The highest BCUT2D eigenvalue weighted by Gasteiger charge is 2.21. The molecule has 156 valence electrons. The van der Waals surface area contributed by atoms with Crippen molar-refractivity contribution < 1.29 is 9.72 Å². The van der Waals surface area contributed by atoms with Crippen molar-refractivity contribution in [3.8, 4) is 5.69 Å². The van der Waals surface area contributed by atoms with Gasteiger partial charge < -0.3 is 5.32 Å². The SMILES string of the molecule is Cc1ccc([N+](=O)[O-])c(NC(=O)CN(C)[C@H](C)c2ccc(-n3cncn3)cc2)c1C. The van der Waals surface area contributed by atoms with Gasteiger partial charge in [0.05, 0.1) is 17.2 Å². The molecule has 0 unspecified atom stereocenters. The third kappa shape index (κ3) is 4.52. The second kappa shape index (κ2) is 8.83. The Hall–Kier alpha value is -3.59. The smallest absolute Gasteiger partial charge is 0.293 e. The van der Waals surface area contributed by atoms with Crippen LogP contribution in [0.15, 0.2) is 49.1 Å². The molecule has 0 radical (unpaired) electrons. The van der Waals surface area contributed by atoms with Crippen LogP contribution in [0.25, 0.3) is 5.69 Å². The molecule has 0 aliphatic rings. The minimum atomic E-state index is -0.481. The van der Waals surface area contributed by atoms with Gasteiger partial charge in [-0.1, -0.05) is 18.2 Å². The van der Waals surface area contributed by atoms with Gasteiger partial charge >= 0.3 is 0 Å². The van der Waals surface area contributed by atoms with E-state index >= 15 is 0 Å². The van der Waals surface area contributed by atoms with Gasteiger partial charge in [-0.3, -0.25) is 19.8 Å². The van der Waals surface area contributed by atoms with Crippen molar-refractivity contribution in [2.45, 2.75) is 26.8 Å². The van der Waals surface area contributed by atoms with Crippen molar-refractivity contribution in [1.29, 1.82) is 0 Å². The van der Waals surface area contributed by atoms with Crippen molar-refractivity contribution >= 4 is 17.3 Å². The molecule has 0 spiro atoms. The predicted molar refractivity (Wildman–Crippen MR) is 114 cm³/mol. The number of hydrogen-bond acceptors (Lipinski definition) is 6. The Bertz CT molecular complexity index is 1050. The van der Waals surface area contributed by atoms with Crippen molar-refractivity contribution in [2.75, 3.05) is 18.9 Å². The number of anilines is 1. The molecule has 1 aromatic heterocycles. The highest BCUT2D eigenvalue weighted by Crippen LogP contribution is 2.30. The van der Waals surface area contributed by atoms with Crippen LogP contribution in [0.2, 0.25) is 0 Å². The van der Waals surface area contributed by atoms with E-state index in [2.05, 4.69) is 15.4 Å². The highest BCUT2D eigenvalue weighted by molar-refractivity contribution is 5.95. The van der Waals surface area contributed by atoms with Crippen LogP contribution in [0.3, 0.4) is 0 Å². The zero-order valence-electron chi connectivity index (χ0n) is 17.4. The summed E-state index contributed by atoms with van der Waals surface area (Å²) >= 11 is 0. The summed E-state index contributed by atoms with van der Waals surface area (Å²) in [6.45, 7) is 5.71. The molecule has 2 aromatic carbocycles. The lowest BCUT2D eigenvalue weighted by Crippen LogP contribution is -2.32. The van der Waals surface area contributed by atoms with Gasteiger partial charge in [0, 0.05) is 12.1 Å². The molecule has 30 heavy (non-hydrogen) atoms. The summed E-state index contributed by atoms with van der Waals surface area (Å²) in [4.78, 5) is 29.3. The maximum absolute atomic E-state index is 12.6. The summed E-state index contributed by atoms with van der Waals surface area (Å²) in [5.41, 5.74) is 3.65. The monoisotopic (exact) mass is 408 g/mol. The van der Waals surface area contributed by atoms with Crippen LogP contribution in [0.4, 0.5) is 11.4 Å². The molecule has 0 aliphatic carbocycles. The molecule has 1 atom stereocenters. The van der Waals surface area contributed by atoms with Gasteiger partial charge in [-0.25, -0.2) is 9.67 Å². The third-order valence-corrected chi connectivity index (χ3v) is 5.29. The van der Waals surface area contributed by atoms with Gasteiger partial charge in [-0.15, -0.1) is 0 Å². The number of carbonyl (C=O) groups is 1. The molecule has 0 saturated heterocycles. The quantitative estimate of drug-likeness (QED) is 0.474. The average molecular weight is 408 g/mol. The maximum Gasteiger partial charge on any atom is 0.293 e. The number of hydrogen-bond donors (Lipinski definition) is 1. The number of aryl methyl sites for hydroxylation is 1. The van der Waals surface area contributed by atoms with Gasteiger partial charge in [0.2, 0.25) is 5.91 Å². The summed E-state index contributed by atoms with van der Waals surface area (Å²) in [6.07, 6.45) is 3.10. The van der Waals surface area contributed by atoms with E-state index in [1.807, 2.05) is 50.1 Å². The first kappa shape index (κ1) is 21.1. The highest BCUT2D eigenvalue weighted by atomic mass is 16.6. The Morgan fingerprint density at radius 3 is 2.53 bits per heavy atom. The summed E-state index contributed by atoms with van der Waals surface area (Å²) in [5.74, 6) is -0.305. The summed E-state index contributed by atoms with van der Waals surface area (Å²) < 4.78 is 1.67. The average Bonchev–Trinajstić information content (AvgIpc) is 3.25. The number of likely N-dealkylation sites (N-methyl/N-ethyl adjacent to an activating group) is 1. The lowest BCUT2D eigenvalue weighted by atomic mass is 10.1. The number of carbonyl (C=O) groups excluding carboxylic acids is 1. The number of rotatable bonds is 7. The van der Waals surface area contributed by atoms with E-state index in [0.717, 1.165) is 16.8 Å². The van der Waals surface area contributed by atoms with Gasteiger partial charge in [0.15, 0.2) is 0 Å². The van der Waals surface area contributed by atoms with Crippen molar-refractivity contribution in [3.63, 3.8) is 0 Å². The van der Waals surface area contributed by atoms with Gasteiger partial charge in [-0.05, 0) is 56.6 Å². The van der Waals surface area contributed by atoms with Gasteiger partial charge in [0.25, 0.3) is 5.69 Å². The van der Waals surface area contributed by atoms with Crippen molar-refractivity contribution in [2.24, 2.45) is 0 Å². The van der Waals surface area contributed by atoms with Crippen LogP contribution in [0, 0.1) is 24.0 Å². The van der Waals surface area contributed by atoms with E-state index in [1.165, 1.54) is 12.4 Å². The normalized spacial score (nSPS) is 12.0. The first-order valence-corrected chi connectivity index (χ1v) is 9.47. The molecule has 0 bridgehead atoms. The zero-order valence-corrected chi connectivity index (χ0v) is 17.4. The minimum Gasteiger partial charge on any atom is -0.319 e. The van der Waals surface area contributed by atoms with Crippen LogP contribution in [0.5, 0.6) is 0 Å². The van der Waals surface area contributed by atoms with Crippen LogP contribution >= 0.6 is 0 Å². The van der Waals surface area contributed by atoms with E-state index in [4.69, 9.17) is 0 Å². The second-order valence-electron chi connectivity index (χ2n) is 7.23. The number of nitro groups is 1. The minimum absolute atomic E-state index is 0.0332. The maximum atomic E-state index is 12.6. The Morgan fingerprint density at radius 1 is 1.23 bits per heavy atom. The van der Waals surface area contributed by atoms with Crippen LogP contribution in [-0.2, 0) is 4.79 Å². The lowest BCUT2D eigenvalue weighted by Gasteiger charge is -2.25. The van der Waals surface area contributed by atoms with E-state index in [1.54, 1.807) is 24.0 Å². The van der Waals surface area contributed by atoms with Gasteiger partial charge in [-0.2, -0.15) is 5.10 Å². The Morgan fingerprint density at radius 2 is 1.93 bits per heavy atom. The number of nitrogens with one attached hydrogen (secondary N) is 1. The van der Waals surface area contributed by atoms with Crippen molar-refractivity contribution in [1.82, 2.24) is 19.7 Å². The summed E-state index contributed by atoms with van der Waals surface area (Å²) in [5, 5.41) is 18.2. The molecule has 9 nitrogen and oxygen atoms in total. The molecular formula is C21H24N6O3. The molecule has 9 heteroatoms. The molecule has 0 fully saturated rings. The number of benzene rings is 2. The Labute approximate surface area is 174 Å². The second-order valence-corrected chi connectivity index (χ2v) is 7.23. The van der Waals surface area contributed by atoms with Crippen LogP contribution < -0.4 is 5.32 Å². The van der Waals surface area contributed by atoms with Crippen LogP contribution in [-0.4, -0.2) is 44.1 Å². The fourth-order valence-corrected chi connectivity index (χ4v) is 3.16. The summed E-state index contributed by atoms with van der Waals surface area (Å²) in [6, 6.07) is 10.9. The molecule has 3 rings (SSSR count). The largest absolute Gasteiger partial charge is 0.319 e. The first-order valence-electron chi connectivity index (χ1n) is 9.47. The third-order valence-electron chi connectivity index (χ3n) is 5.29. The molecule has 1 heterocycles. The van der Waals surface area contributed by atoms with E-state index in [9.17, 15) is 14.9 Å². The molecular weight excluding hydrogens is 384 g/mol. The number of nitro benzene ring substituents is 1. The standard InChI is InChI=1S/C21H24N6O3/c1-14-5-10-19(27(29)30)21(15(14)2)24-20(28)11-25(4)16(3)17-6-8-18(9-7-17)26-13-22-12-23-26/h5-10,12-13,16H,11H2,1-4H3,(H,24,28)/t16-/m1/s1. The Kier molecular flexibility index (Phi) is 6.22. The predicted octanol–water partition coefficient (Wildman–Crippen LogP) is 3.42. The summed E-state index contributed by atoms with van der Waals surface area (Å²) in [7, 11) is 1.84. The number of amides is 1. The van der Waals surface area contributed by atoms with Crippen LogP contribution in [0.1, 0.15) is 29.7 Å². The van der Waals surface area contributed by atoms with E-state index in [-0.39, 0.29) is 29.9 Å². The zero-order chi connectivity index (χ0) is 21.8. The number of nitrogens with zero attached hydrogens (tertiary/aromatic N) is 5. The van der Waals surface area contributed by atoms with Crippen molar-refractivity contribution in [3.05, 3.63) is 75.9 Å². The van der Waals surface area contributed by atoms with Gasteiger partial charge in [0.1, 0.15) is 18.3 Å².